The number of aliphatic carboxylic acids is 1. The number of rotatable bonds is 0. The molecule has 1 aliphatic heterocycles. The van der Waals surface area contributed by atoms with Crippen LogP contribution in [0.4, 0.5) is 0 Å². The number of carboxylic acids is 1. The molecule has 4 nitrogen and oxygen atoms in total. The van der Waals surface area contributed by atoms with Crippen LogP contribution in [0.25, 0.3) is 0 Å². The van der Waals surface area contributed by atoms with E-state index in [1.807, 2.05) is 36.8 Å². The second-order valence-corrected chi connectivity index (χ2v) is 2.88. The van der Waals surface area contributed by atoms with Gasteiger partial charge in [0.15, 0.2) is 0 Å². The van der Waals surface area contributed by atoms with Crippen molar-refractivity contribution in [2.75, 3.05) is 13.1 Å². The van der Waals surface area contributed by atoms with Gasteiger partial charge < -0.3 is 10.0 Å². The van der Waals surface area contributed by atoms with Gasteiger partial charge in [0.05, 0.1) is 0 Å². The molecule has 0 saturated carbocycles. The summed E-state index contributed by atoms with van der Waals surface area (Å²) >= 11 is 0. The minimum atomic E-state index is -1.37. The number of carboxylic acid groups (broad SMARTS) is 1. The van der Waals surface area contributed by atoms with Gasteiger partial charge in [-0.05, 0) is 0 Å². The first-order chi connectivity index (χ1) is 7.22. The molecule has 1 aliphatic rings. The number of carbonyl (C=O) groups is 2. The normalized spacial score (nSPS) is 12.4. The molecule has 1 radical (unpaired) electrons. The van der Waals surface area contributed by atoms with E-state index in [2.05, 4.69) is 6.07 Å². The van der Waals surface area contributed by atoms with Gasteiger partial charge in [-0.2, -0.15) is 36.4 Å². The zero-order valence-electron chi connectivity index (χ0n) is 8.67. The molecule has 0 spiro atoms. The van der Waals surface area contributed by atoms with E-state index in [1.165, 1.54) is 4.90 Å². The number of nitrogens with zero attached hydrogens (tertiary/aromatic N) is 1. The Hall–Kier alpha value is -0.736. The van der Waals surface area contributed by atoms with Crippen LogP contribution in [0.1, 0.15) is 0 Å². The Morgan fingerprint density at radius 1 is 1.19 bits per heavy atom. The first-order valence-corrected chi connectivity index (χ1v) is 4.47. The monoisotopic (exact) mass is 294 g/mol. The quantitative estimate of drug-likeness (QED) is 0.563. The average molecular weight is 294 g/mol. The van der Waals surface area contributed by atoms with Gasteiger partial charge in [0.1, 0.15) is 0 Å². The third-order valence-corrected chi connectivity index (χ3v) is 1.78. The Balaban J connectivity index is 0.000000283. The van der Waals surface area contributed by atoms with Crippen molar-refractivity contribution in [3.8, 4) is 0 Å². The van der Waals surface area contributed by atoms with Crippen molar-refractivity contribution < 1.29 is 47.4 Å². The van der Waals surface area contributed by atoms with Crippen LogP contribution in [0.3, 0.4) is 0 Å². The van der Waals surface area contributed by atoms with Crippen molar-refractivity contribution in [1.29, 1.82) is 0 Å². The molecule has 1 aromatic rings. The molecule has 1 N–H and O–H groups in total. The number of hydrogen-bond donors (Lipinski definition) is 1. The summed E-state index contributed by atoms with van der Waals surface area (Å²) < 4.78 is 0. The molecule has 0 bridgehead atoms. The molecular formula is C11H11NO3Y-2. The third kappa shape index (κ3) is 5.38. The predicted molar refractivity (Wildman–Crippen MR) is 53.8 cm³/mol. The summed E-state index contributed by atoms with van der Waals surface area (Å²) in [4.78, 5) is 21.6. The van der Waals surface area contributed by atoms with E-state index in [0.29, 0.717) is 13.1 Å². The van der Waals surface area contributed by atoms with Crippen LogP contribution in [0, 0.1) is 12.5 Å². The van der Waals surface area contributed by atoms with E-state index < -0.39 is 11.9 Å². The molecule has 0 unspecified atom stereocenters. The van der Waals surface area contributed by atoms with E-state index in [-0.39, 0.29) is 32.7 Å². The van der Waals surface area contributed by atoms with Crippen LogP contribution in [-0.2, 0) is 42.3 Å². The maximum absolute atomic E-state index is 10.4. The van der Waals surface area contributed by atoms with E-state index >= 15 is 0 Å². The number of hydrogen-bond acceptors (Lipinski definition) is 2. The fourth-order valence-electron chi connectivity index (χ4n) is 0.901. The second kappa shape index (κ2) is 8.42. The molecule has 1 heterocycles. The van der Waals surface area contributed by atoms with Gasteiger partial charge in [-0.15, -0.1) is 13.1 Å². The summed E-state index contributed by atoms with van der Waals surface area (Å²) in [5, 5.41) is 8.11. The molecule has 0 aromatic heterocycles. The first-order valence-electron chi connectivity index (χ1n) is 4.47. The Labute approximate surface area is 120 Å². The average Bonchev–Trinajstić information content (AvgIpc) is 2.18. The Morgan fingerprint density at radius 3 is 1.88 bits per heavy atom. The summed E-state index contributed by atoms with van der Waals surface area (Å²) in [6.07, 6.45) is 1.83. The molecule has 0 atom stereocenters. The molecule has 0 aliphatic carbocycles. The minimum absolute atomic E-state index is 0. The first kappa shape index (κ1) is 15.3. The topological polar surface area (TPSA) is 57.6 Å². The van der Waals surface area contributed by atoms with Gasteiger partial charge in [-0.1, -0.05) is 0 Å². The van der Waals surface area contributed by atoms with Crippen molar-refractivity contribution in [2.24, 2.45) is 0 Å². The van der Waals surface area contributed by atoms with Gasteiger partial charge in [0.25, 0.3) is 0 Å². The van der Waals surface area contributed by atoms with Crippen molar-refractivity contribution in [3.05, 3.63) is 42.8 Å². The second-order valence-electron chi connectivity index (χ2n) is 2.88. The molecule has 1 amide bonds. The SMILES string of the molecule is O=C(O)C(=O)N1C[CH-]C1.[Y].[c-]1ccccc1. The minimum Gasteiger partial charge on any atom is -0.474 e. The third-order valence-electron chi connectivity index (χ3n) is 1.78. The van der Waals surface area contributed by atoms with Crippen molar-refractivity contribution in [1.82, 2.24) is 4.90 Å². The van der Waals surface area contributed by atoms with Crippen molar-refractivity contribution in [3.63, 3.8) is 0 Å². The Bertz CT molecular complexity index is 299. The number of benzene rings is 1. The fraction of sp³-hybridized carbons (Fsp3) is 0.182. The van der Waals surface area contributed by atoms with Crippen LogP contribution in [0.15, 0.2) is 30.3 Å². The van der Waals surface area contributed by atoms with Crippen molar-refractivity contribution >= 4 is 11.9 Å². The predicted octanol–water partition coefficient (Wildman–Crippen LogP) is 0.602. The van der Waals surface area contributed by atoms with Crippen LogP contribution >= 0.6 is 0 Å². The molecule has 5 heteroatoms. The Morgan fingerprint density at radius 2 is 1.75 bits per heavy atom. The molecular weight excluding hydrogens is 283 g/mol. The van der Waals surface area contributed by atoms with E-state index in [4.69, 9.17) is 5.11 Å². The van der Waals surface area contributed by atoms with Crippen LogP contribution in [0.2, 0.25) is 0 Å². The largest absolute Gasteiger partial charge is 0.474 e. The summed E-state index contributed by atoms with van der Waals surface area (Å²) in [5.41, 5.74) is 0. The smallest absolute Gasteiger partial charge is 0.394 e. The summed E-state index contributed by atoms with van der Waals surface area (Å²) in [5.74, 6) is -2.18. The van der Waals surface area contributed by atoms with Crippen molar-refractivity contribution in [2.45, 2.75) is 0 Å². The van der Waals surface area contributed by atoms with Crippen LogP contribution in [-0.4, -0.2) is 35.0 Å². The molecule has 1 saturated heterocycles. The van der Waals surface area contributed by atoms with E-state index in [9.17, 15) is 9.59 Å². The molecule has 1 aromatic carbocycles. The number of carbonyl (C=O) groups excluding carboxylic acids is 1. The van der Waals surface area contributed by atoms with Gasteiger partial charge in [0.2, 0.25) is 0 Å². The van der Waals surface area contributed by atoms with Gasteiger partial charge in [-0.25, -0.2) is 4.79 Å². The molecule has 1 fully saturated rings. The molecule has 2 rings (SSSR count). The fourth-order valence-corrected chi connectivity index (χ4v) is 0.901. The summed E-state index contributed by atoms with van der Waals surface area (Å²) in [6.45, 7) is 0.955. The van der Waals surface area contributed by atoms with Gasteiger partial charge in [0, 0.05) is 32.7 Å². The zero-order chi connectivity index (χ0) is 11.1. The van der Waals surface area contributed by atoms with Gasteiger partial charge in [-0.3, -0.25) is 11.2 Å². The Kier molecular flexibility index (Phi) is 8.03. The molecule has 83 valence electrons. The zero-order valence-corrected chi connectivity index (χ0v) is 11.5. The summed E-state index contributed by atoms with van der Waals surface area (Å²) in [6, 6.07) is 12.5. The maximum Gasteiger partial charge on any atom is 0.394 e. The molecule has 16 heavy (non-hydrogen) atoms. The summed E-state index contributed by atoms with van der Waals surface area (Å²) in [7, 11) is 0. The van der Waals surface area contributed by atoms with Crippen LogP contribution in [0.5, 0.6) is 0 Å². The maximum atomic E-state index is 10.4. The number of amides is 1. The van der Waals surface area contributed by atoms with Gasteiger partial charge >= 0.3 is 11.9 Å². The standard InChI is InChI=1S/C6H5.C5H6NO3.Y/c1-2-4-6-5-3-1;7-4(5(8)9)6-2-1-3-6;/h1-5H;1H,2-3H2,(H,8,9);/q2*-1;. The van der Waals surface area contributed by atoms with E-state index in [1.54, 1.807) is 0 Å². The number of likely N-dealkylation sites (tertiary alicyclic amines) is 1. The van der Waals surface area contributed by atoms with Crippen LogP contribution < -0.4 is 0 Å². The van der Waals surface area contributed by atoms with E-state index in [0.717, 1.165) is 0 Å².